The van der Waals surface area contributed by atoms with Gasteiger partial charge in [0, 0.05) is 23.0 Å². The van der Waals surface area contributed by atoms with E-state index in [9.17, 15) is 0 Å². The Hall–Kier alpha value is -1.89. The van der Waals surface area contributed by atoms with Crippen LogP contribution in [0.3, 0.4) is 0 Å². The van der Waals surface area contributed by atoms with Gasteiger partial charge in [0.05, 0.1) is 17.0 Å². The first kappa shape index (κ1) is 14.5. The van der Waals surface area contributed by atoms with Gasteiger partial charge in [-0.2, -0.15) is 0 Å². The van der Waals surface area contributed by atoms with E-state index in [2.05, 4.69) is 10.9 Å². The van der Waals surface area contributed by atoms with Crippen molar-refractivity contribution in [2.75, 3.05) is 6.61 Å². The second kappa shape index (κ2) is 6.51. The molecule has 20 heavy (non-hydrogen) atoms. The first-order chi connectivity index (χ1) is 9.63. The summed E-state index contributed by atoms with van der Waals surface area (Å²) in [5.41, 5.74) is 1.57. The van der Waals surface area contributed by atoms with Crippen LogP contribution in [0.4, 0.5) is 0 Å². The SMILES string of the molecule is C#CCO/C(=C(/C)n1ccnc1)c1ccc(Cl)cc1Cl. The summed E-state index contributed by atoms with van der Waals surface area (Å²) in [4.78, 5) is 4.01. The molecule has 2 aromatic rings. The Morgan fingerprint density at radius 1 is 1.45 bits per heavy atom. The molecule has 0 saturated carbocycles. The Morgan fingerprint density at radius 2 is 2.25 bits per heavy atom. The van der Waals surface area contributed by atoms with Crippen LogP contribution in [0.1, 0.15) is 12.5 Å². The number of hydrogen-bond acceptors (Lipinski definition) is 2. The van der Waals surface area contributed by atoms with Crippen LogP contribution in [0.2, 0.25) is 10.0 Å². The Kier molecular flexibility index (Phi) is 4.73. The smallest absolute Gasteiger partial charge is 0.149 e. The van der Waals surface area contributed by atoms with Crippen molar-refractivity contribution in [1.29, 1.82) is 0 Å². The van der Waals surface area contributed by atoms with E-state index in [1.165, 1.54) is 0 Å². The largest absolute Gasteiger partial charge is 0.478 e. The van der Waals surface area contributed by atoms with Gasteiger partial charge in [-0.05, 0) is 25.1 Å². The molecule has 0 N–H and O–H groups in total. The third-order valence-corrected chi connectivity index (χ3v) is 3.24. The number of hydrogen-bond donors (Lipinski definition) is 0. The number of allylic oxidation sites excluding steroid dienone is 1. The molecular weight excluding hydrogens is 295 g/mol. The monoisotopic (exact) mass is 306 g/mol. The first-order valence-corrected chi connectivity index (χ1v) is 6.60. The normalized spacial score (nSPS) is 11.7. The van der Waals surface area contributed by atoms with Crippen molar-refractivity contribution in [3.05, 3.63) is 52.5 Å². The van der Waals surface area contributed by atoms with Crippen molar-refractivity contribution in [3.63, 3.8) is 0 Å². The molecule has 0 fully saturated rings. The summed E-state index contributed by atoms with van der Waals surface area (Å²) in [6.45, 7) is 2.05. The van der Waals surface area contributed by atoms with E-state index in [-0.39, 0.29) is 6.61 Å². The van der Waals surface area contributed by atoms with E-state index in [0.29, 0.717) is 15.8 Å². The van der Waals surface area contributed by atoms with Crippen molar-refractivity contribution in [3.8, 4) is 12.3 Å². The molecule has 2 rings (SSSR count). The lowest BCUT2D eigenvalue weighted by atomic mass is 10.1. The average Bonchev–Trinajstić information content (AvgIpc) is 2.94. The predicted octanol–water partition coefficient (Wildman–Crippen LogP) is 4.19. The zero-order valence-electron chi connectivity index (χ0n) is 10.8. The lowest BCUT2D eigenvalue weighted by molar-refractivity contribution is 0.326. The number of halogens is 2. The minimum Gasteiger partial charge on any atom is -0.478 e. The third-order valence-electron chi connectivity index (χ3n) is 2.70. The highest BCUT2D eigenvalue weighted by Crippen LogP contribution is 2.31. The van der Waals surface area contributed by atoms with Crippen molar-refractivity contribution in [2.24, 2.45) is 0 Å². The summed E-state index contributed by atoms with van der Waals surface area (Å²) in [5.74, 6) is 3.05. The van der Waals surface area contributed by atoms with Crippen LogP contribution in [0, 0.1) is 12.3 Å². The second-order valence-electron chi connectivity index (χ2n) is 4.00. The van der Waals surface area contributed by atoms with Crippen molar-refractivity contribution in [2.45, 2.75) is 6.92 Å². The lowest BCUT2D eigenvalue weighted by Crippen LogP contribution is -2.01. The quantitative estimate of drug-likeness (QED) is 0.626. The molecular formula is C15H12Cl2N2O. The highest BCUT2D eigenvalue weighted by molar-refractivity contribution is 6.35. The molecule has 102 valence electrons. The van der Waals surface area contributed by atoms with Crippen molar-refractivity contribution < 1.29 is 4.74 Å². The fourth-order valence-corrected chi connectivity index (χ4v) is 2.23. The van der Waals surface area contributed by atoms with Gasteiger partial charge in [-0.3, -0.25) is 0 Å². The first-order valence-electron chi connectivity index (χ1n) is 5.84. The molecule has 1 heterocycles. The summed E-state index contributed by atoms with van der Waals surface area (Å²) >= 11 is 12.1. The number of ether oxygens (including phenoxy) is 1. The fraction of sp³-hybridized carbons (Fsp3) is 0.133. The zero-order valence-corrected chi connectivity index (χ0v) is 12.3. The van der Waals surface area contributed by atoms with E-state index in [0.717, 1.165) is 11.3 Å². The van der Waals surface area contributed by atoms with Crippen molar-refractivity contribution in [1.82, 2.24) is 9.55 Å². The minimum atomic E-state index is 0.153. The summed E-state index contributed by atoms with van der Waals surface area (Å²) in [6.07, 6.45) is 10.4. The molecule has 0 bridgehead atoms. The van der Waals surface area contributed by atoms with Gasteiger partial charge in [0.15, 0.2) is 0 Å². The third kappa shape index (κ3) is 3.16. The summed E-state index contributed by atoms with van der Waals surface area (Å²) in [5, 5.41) is 1.07. The average molecular weight is 307 g/mol. The van der Waals surface area contributed by atoms with Crippen LogP contribution in [0.15, 0.2) is 36.9 Å². The van der Waals surface area contributed by atoms with Crippen LogP contribution in [0.5, 0.6) is 0 Å². The molecule has 0 aliphatic carbocycles. The Balaban J connectivity index is 2.53. The van der Waals surface area contributed by atoms with Gasteiger partial charge in [0.2, 0.25) is 0 Å². The highest BCUT2D eigenvalue weighted by Gasteiger charge is 2.13. The fourth-order valence-electron chi connectivity index (χ4n) is 1.74. The molecule has 1 aromatic heterocycles. The second-order valence-corrected chi connectivity index (χ2v) is 4.85. The summed E-state index contributed by atoms with van der Waals surface area (Å²) in [6, 6.07) is 5.22. The number of aromatic nitrogens is 2. The van der Waals surface area contributed by atoms with Crippen LogP contribution in [-0.4, -0.2) is 16.2 Å². The molecule has 0 radical (unpaired) electrons. The predicted molar refractivity (Wildman–Crippen MR) is 82.3 cm³/mol. The Bertz CT molecular complexity index is 670. The van der Waals surface area contributed by atoms with E-state index in [4.69, 9.17) is 34.4 Å². The Labute approximate surface area is 127 Å². The molecule has 3 nitrogen and oxygen atoms in total. The van der Waals surface area contributed by atoms with Gasteiger partial charge in [0.1, 0.15) is 12.4 Å². The van der Waals surface area contributed by atoms with Gasteiger partial charge in [-0.25, -0.2) is 4.98 Å². The number of imidazole rings is 1. The maximum absolute atomic E-state index is 6.23. The van der Waals surface area contributed by atoms with Crippen LogP contribution < -0.4 is 0 Å². The minimum absolute atomic E-state index is 0.153. The summed E-state index contributed by atoms with van der Waals surface area (Å²) < 4.78 is 7.48. The highest BCUT2D eigenvalue weighted by atomic mass is 35.5. The molecule has 5 heteroatoms. The molecule has 0 saturated heterocycles. The topological polar surface area (TPSA) is 27.1 Å². The van der Waals surface area contributed by atoms with E-state index < -0.39 is 0 Å². The van der Waals surface area contributed by atoms with Gasteiger partial charge >= 0.3 is 0 Å². The maximum atomic E-state index is 6.23. The van der Waals surface area contributed by atoms with Gasteiger partial charge in [0.25, 0.3) is 0 Å². The maximum Gasteiger partial charge on any atom is 0.149 e. The van der Waals surface area contributed by atoms with Gasteiger partial charge < -0.3 is 9.30 Å². The van der Waals surface area contributed by atoms with E-state index in [1.54, 1.807) is 30.7 Å². The van der Waals surface area contributed by atoms with Crippen LogP contribution in [0.25, 0.3) is 11.5 Å². The molecule has 0 atom stereocenters. The molecule has 0 spiro atoms. The standard InChI is InChI=1S/C15H12Cl2N2O/c1-3-8-20-15(11(2)19-7-6-18-10-19)13-5-4-12(16)9-14(13)17/h1,4-7,9-10H,8H2,2H3/b15-11-. The number of rotatable bonds is 4. The van der Waals surface area contributed by atoms with Gasteiger partial charge in [-0.15, -0.1) is 6.42 Å². The molecule has 0 aliphatic heterocycles. The number of terminal acetylenes is 1. The van der Waals surface area contributed by atoms with Crippen LogP contribution >= 0.6 is 23.2 Å². The number of benzene rings is 1. The molecule has 0 aliphatic rings. The van der Waals surface area contributed by atoms with Crippen LogP contribution in [-0.2, 0) is 4.74 Å². The molecule has 0 amide bonds. The van der Waals surface area contributed by atoms with Gasteiger partial charge in [-0.1, -0.05) is 29.1 Å². The van der Waals surface area contributed by atoms with E-state index in [1.807, 2.05) is 17.7 Å². The lowest BCUT2D eigenvalue weighted by Gasteiger charge is -2.14. The molecule has 1 aromatic carbocycles. The van der Waals surface area contributed by atoms with E-state index >= 15 is 0 Å². The number of nitrogens with zero attached hydrogens (tertiary/aromatic N) is 2. The molecule has 0 unspecified atom stereocenters. The summed E-state index contributed by atoms with van der Waals surface area (Å²) in [7, 11) is 0. The van der Waals surface area contributed by atoms with Crippen molar-refractivity contribution >= 4 is 34.7 Å². The Morgan fingerprint density at radius 3 is 2.85 bits per heavy atom. The zero-order chi connectivity index (χ0) is 14.5.